The van der Waals surface area contributed by atoms with Crippen LogP contribution in [0.5, 0.6) is 0 Å². The third-order valence-corrected chi connectivity index (χ3v) is 7.00. The molecule has 2 fully saturated rings. The van der Waals surface area contributed by atoms with Crippen molar-refractivity contribution in [1.82, 2.24) is 10.2 Å². The second-order valence-electron chi connectivity index (χ2n) is 8.04. The summed E-state index contributed by atoms with van der Waals surface area (Å²) in [6.45, 7) is 3.33. The summed E-state index contributed by atoms with van der Waals surface area (Å²) in [7, 11) is 1.69. The molecule has 3 atom stereocenters. The smallest absolute Gasteiger partial charge is 0.228 e. The first-order chi connectivity index (χ1) is 13.0. The number of carbonyl (C=O) groups is 2. The number of hydrogen-bond donors (Lipinski definition) is 1. The lowest BCUT2D eigenvalue weighted by Gasteiger charge is -2.28. The van der Waals surface area contributed by atoms with Gasteiger partial charge < -0.3 is 10.2 Å². The SMILES string of the molecule is CNC(=O)[C@]1(Cc2cccc(-c3cccs3)c2)CCN(C(=O)[C@@H]2C[C@H]2C)C1. The molecule has 0 radical (unpaired) electrons. The minimum atomic E-state index is -0.531. The molecular formula is C22H26N2O2S. The third kappa shape index (κ3) is 3.53. The highest BCUT2D eigenvalue weighted by Crippen LogP contribution is 2.42. The first-order valence-corrected chi connectivity index (χ1v) is 10.5. The molecule has 0 spiro atoms. The van der Waals surface area contributed by atoms with Crippen molar-refractivity contribution >= 4 is 23.2 Å². The quantitative estimate of drug-likeness (QED) is 0.859. The number of carbonyl (C=O) groups excluding carboxylic acids is 2. The van der Waals surface area contributed by atoms with Crippen LogP contribution in [-0.4, -0.2) is 36.9 Å². The first-order valence-electron chi connectivity index (χ1n) is 9.66. The van der Waals surface area contributed by atoms with Gasteiger partial charge in [0.1, 0.15) is 0 Å². The van der Waals surface area contributed by atoms with E-state index in [2.05, 4.69) is 54.0 Å². The summed E-state index contributed by atoms with van der Waals surface area (Å²) in [6, 6.07) is 12.6. The van der Waals surface area contributed by atoms with Crippen LogP contribution >= 0.6 is 11.3 Å². The molecule has 0 unspecified atom stereocenters. The lowest BCUT2D eigenvalue weighted by Crippen LogP contribution is -2.44. The average molecular weight is 383 g/mol. The number of likely N-dealkylation sites (tertiary alicyclic amines) is 1. The van der Waals surface area contributed by atoms with Gasteiger partial charge in [0.05, 0.1) is 5.41 Å². The molecule has 1 aliphatic heterocycles. The Labute approximate surface area is 164 Å². The Morgan fingerprint density at radius 3 is 2.78 bits per heavy atom. The van der Waals surface area contributed by atoms with Crippen LogP contribution in [0.25, 0.3) is 10.4 Å². The van der Waals surface area contributed by atoms with Gasteiger partial charge in [-0.25, -0.2) is 0 Å². The minimum absolute atomic E-state index is 0.0446. The van der Waals surface area contributed by atoms with Crippen LogP contribution in [0.3, 0.4) is 0 Å². The van der Waals surface area contributed by atoms with Crippen LogP contribution in [0.15, 0.2) is 41.8 Å². The average Bonchev–Trinajstić information content (AvgIpc) is 3.09. The summed E-state index contributed by atoms with van der Waals surface area (Å²) in [4.78, 5) is 28.7. The summed E-state index contributed by atoms with van der Waals surface area (Å²) >= 11 is 1.72. The molecule has 4 nitrogen and oxygen atoms in total. The van der Waals surface area contributed by atoms with E-state index in [9.17, 15) is 9.59 Å². The normalized spacial score (nSPS) is 26.8. The summed E-state index contributed by atoms with van der Waals surface area (Å²) < 4.78 is 0. The highest BCUT2D eigenvalue weighted by Gasteiger charge is 2.49. The van der Waals surface area contributed by atoms with Crippen molar-refractivity contribution in [3.05, 3.63) is 47.3 Å². The van der Waals surface area contributed by atoms with E-state index in [1.165, 1.54) is 10.4 Å². The molecule has 1 aromatic heterocycles. The second kappa shape index (κ2) is 7.12. The summed E-state index contributed by atoms with van der Waals surface area (Å²) in [5, 5.41) is 4.93. The number of nitrogens with one attached hydrogen (secondary N) is 1. The van der Waals surface area contributed by atoms with E-state index in [-0.39, 0.29) is 17.7 Å². The molecule has 1 aliphatic carbocycles. The Morgan fingerprint density at radius 2 is 2.11 bits per heavy atom. The van der Waals surface area contributed by atoms with Crippen molar-refractivity contribution in [3.63, 3.8) is 0 Å². The third-order valence-electron chi connectivity index (χ3n) is 6.08. The van der Waals surface area contributed by atoms with Crippen LogP contribution in [0, 0.1) is 17.3 Å². The zero-order chi connectivity index (χ0) is 19.0. The van der Waals surface area contributed by atoms with Gasteiger partial charge in [0.2, 0.25) is 11.8 Å². The van der Waals surface area contributed by atoms with E-state index in [1.807, 2.05) is 4.90 Å². The van der Waals surface area contributed by atoms with Crippen molar-refractivity contribution < 1.29 is 9.59 Å². The number of thiophene rings is 1. The number of benzene rings is 1. The molecule has 5 heteroatoms. The van der Waals surface area contributed by atoms with Crippen LogP contribution in [0.1, 0.15) is 25.3 Å². The fourth-order valence-corrected chi connectivity index (χ4v) is 5.03. The van der Waals surface area contributed by atoms with Crippen molar-refractivity contribution in [1.29, 1.82) is 0 Å². The molecule has 1 N–H and O–H groups in total. The highest BCUT2D eigenvalue weighted by molar-refractivity contribution is 7.13. The van der Waals surface area contributed by atoms with Gasteiger partial charge in [-0.1, -0.05) is 37.3 Å². The maximum Gasteiger partial charge on any atom is 0.228 e. The van der Waals surface area contributed by atoms with Gasteiger partial charge in [-0.2, -0.15) is 0 Å². The zero-order valence-electron chi connectivity index (χ0n) is 15.9. The van der Waals surface area contributed by atoms with E-state index < -0.39 is 5.41 Å². The Kier molecular flexibility index (Phi) is 4.81. The molecule has 2 aliphatic rings. The number of nitrogens with zero attached hydrogens (tertiary/aromatic N) is 1. The van der Waals surface area contributed by atoms with E-state index >= 15 is 0 Å². The predicted molar refractivity (Wildman–Crippen MR) is 108 cm³/mol. The number of rotatable bonds is 5. The topological polar surface area (TPSA) is 49.4 Å². The Bertz CT molecular complexity index is 848. The van der Waals surface area contributed by atoms with E-state index in [0.29, 0.717) is 25.4 Å². The predicted octanol–water partition coefficient (Wildman–Crippen LogP) is 3.58. The molecule has 0 bridgehead atoms. The van der Waals surface area contributed by atoms with Crippen molar-refractivity contribution in [2.45, 2.75) is 26.2 Å². The van der Waals surface area contributed by atoms with Gasteiger partial charge in [-0.3, -0.25) is 9.59 Å². The van der Waals surface area contributed by atoms with E-state index in [1.54, 1.807) is 18.4 Å². The monoisotopic (exact) mass is 382 g/mol. The first kappa shape index (κ1) is 18.2. The Hall–Kier alpha value is -2.14. The zero-order valence-corrected chi connectivity index (χ0v) is 16.7. The minimum Gasteiger partial charge on any atom is -0.359 e. The highest BCUT2D eigenvalue weighted by atomic mass is 32.1. The second-order valence-corrected chi connectivity index (χ2v) is 8.99. The summed E-state index contributed by atoms with van der Waals surface area (Å²) in [5.74, 6) is 0.950. The van der Waals surface area contributed by atoms with E-state index in [4.69, 9.17) is 0 Å². The van der Waals surface area contributed by atoms with Crippen LogP contribution in [-0.2, 0) is 16.0 Å². The molecule has 1 saturated heterocycles. The largest absolute Gasteiger partial charge is 0.359 e. The van der Waals surface area contributed by atoms with Gasteiger partial charge in [0.15, 0.2) is 0 Å². The molecule has 2 amide bonds. The maximum absolute atomic E-state index is 12.8. The molecule has 27 heavy (non-hydrogen) atoms. The molecule has 1 aromatic carbocycles. The van der Waals surface area contributed by atoms with Crippen molar-refractivity contribution in [2.75, 3.05) is 20.1 Å². The van der Waals surface area contributed by atoms with Crippen LogP contribution in [0.2, 0.25) is 0 Å². The van der Waals surface area contributed by atoms with Crippen molar-refractivity contribution in [2.24, 2.45) is 17.3 Å². The van der Waals surface area contributed by atoms with Gasteiger partial charge in [-0.15, -0.1) is 11.3 Å². The standard InChI is InChI=1S/C22H26N2O2S/c1-15-11-18(15)20(25)24-9-8-22(14-24,21(26)23-2)13-16-5-3-6-17(12-16)19-7-4-10-27-19/h3-7,10,12,15,18H,8-9,11,13-14H2,1-2H3,(H,23,26)/t15-,18-,22+/m1/s1. The van der Waals surface area contributed by atoms with Gasteiger partial charge >= 0.3 is 0 Å². The summed E-state index contributed by atoms with van der Waals surface area (Å²) in [6.07, 6.45) is 2.38. The fraction of sp³-hybridized carbons (Fsp3) is 0.455. The molecule has 4 rings (SSSR count). The molecule has 142 valence electrons. The van der Waals surface area contributed by atoms with E-state index in [0.717, 1.165) is 18.4 Å². The van der Waals surface area contributed by atoms with Gasteiger partial charge in [0.25, 0.3) is 0 Å². The van der Waals surface area contributed by atoms with Crippen LogP contribution in [0.4, 0.5) is 0 Å². The maximum atomic E-state index is 12.8. The number of hydrogen-bond acceptors (Lipinski definition) is 3. The lowest BCUT2D eigenvalue weighted by atomic mass is 9.79. The number of amides is 2. The molecule has 1 saturated carbocycles. The summed E-state index contributed by atoms with van der Waals surface area (Å²) in [5.41, 5.74) is 1.81. The molecule has 2 aromatic rings. The molecule has 2 heterocycles. The molecular weight excluding hydrogens is 356 g/mol. The fourth-order valence-electron chi connectivity index (χ4n) is 4.30. The van der Waals surface area contributed by atoms with Gasteiger partial charge in [0, 0.05) is 30.9 Å². The van der Waals surface area contributed by atoms with Crippen molar-refractivity contribution in [3.8, 4) is 10.4 Å². The Balaban J connectivity index is 1.56. The lowest BCUT2D eigenvalue weighted by molar-refractivity contribution is -0.134. The van der Waals surface area contributed by atoms with Gasteiger partial charge in [-0.05, 0) is 47.8 Å². The Morgan fingerprint density at radius 1 is 1.30 bits per heavy atom. The van der Waals surface area contributed by atoms with Crippen LogP contribution < -0.4 is 5.32 Å².